The predicted molar refractivity (Wildman–Crippen MR) is 77.6 cm³/mol. The molecule has 0 unspecified atom stereocenters. The summed E-state index contributed by atoms with van der Waals surface area (Å²) < 4.78 is 19.2. The molecule has 20 heavy (non-hydrogen) atoms. The topological polar surface area (TPSA) is 47.0 Å². The number of nitrogens with one attached hydrogen (secondary N) is 1. The average Bonchev–Trinajstić information content (AvgIpc) is 2.43. The maximum absolute atomic E-state index is 14.2. The molecule has 0 saturated heterocycles. The van der Waals surface area contributed by atoms with Crippen LogP contribution in [0.1, 0.15) is 18.3 Å². The monoisotopic (exact) mass is 275 g/mol. The predicted octanol–water partition coefficient (Wildman–Crippen LogP) is 3.34. The first-order valence-corrected chi connectivity index (χ1v) is 6.49. The van der Waals surface area contributed by atoms with Crippen LogP contribution in [0.4, 0.5) is 10.2 Å². The SMILES string of the molecule is CCNc1nc(C)c(C)nc1-c1ccc(OC)cc1F. The van der Waals surface area contributed by atoms with Gasteiger partial charge in [0.05, 0.1) is 18.5 Å². The molecule has 0 aliphatic carbocycles. The van der Waals surface area contributed by atoms with Gasteiger partial charge in [-0.2, -0.15) is 0 Å². The van der Waals surface area contributed by atoms with E-state index in [1.807, 2.05) is 20.8 Å². The van der Waals surface area contributed by atoms with Crippen molar-refractivity contribution in [2.24, 2.45) is 0 Å². The standard InChI is InChI=1S/C15H18FN3O/c1-5-17-15-14(18-9(2)10(3)19-15)12-7-6-11(20-4)8-13(12)16/h6-8H,5H2,1-4H3,(H,17,19). The fraction of sp³-hybridized carbons (Fsp3) is 0.333. The number of nitrogens with zero attached hydrogens (tertiary/aromatic N) is 2. The number of hydrogen-bond acceptors (Lipinski definition) is 4. The van der Waals surface area contributed by atoms with Gasteiger partial charge in [-0.3, -0.25) is 0 Å². The number of aromatic nitrogens is 2. The summed E-state index contributed by atoms with van der Waals surface area (Å²) in [4.78, 5) is 8.92. The molecule has 0 radical (unpaired) electrons. The van der Waals surface area contributed by atoms with Crippen LogP contribution in [0.3, 0.4) is 0 Å². The smallest absolute Gasteiger partial charge is 0.153 e. The van der Waals surface area contributed by atoms with E-state index < -0.39 is 0 Å². The number of rotatable bonds is 4. The summed E-state index contributed by atoms with van der Waals surface area (Å²) in [5, 5.41) is 3.13. The molecule has 2 aromatic rings. The Labute approximate surface area is 118 Å². The van der Waals surface area contributed by atoms with Gasteiger partial charge in [0.1, 0.15) is 17.3 Å². The van der Waals surface area contributed by atoms with E-state index in [-0.39, 0.29) is 5.82 Å². The molecule has 0 bridgehead atoms. The number of hydrogen-bond donors (Lipinski definition) is 1. The largest absolute Gasteiger partial charge is 0.497 e. The van der Waals surface area contributed by atoms with Gasteiger partial charge in [-0.15, -0.1) is 0 Å². The molecule has 106 valence electrons. The van der Waals surface area contributed by atoms with Crippen LogP contribution in [0.5, 0.6) is 5.75 Å². The van der Waals surface area contributed by atoms with Crippen molar-refractivity contribution in [3.63, 3.8) is 0 Å². The Balaban J connectivity index is 2.58. The molecule has 1 N–H and O–H groups in total. The van der Waals surface area contributed by atoms with Crippen LogP contribution in [0.15, 0.2) is 18.2 Å². The van der Waals surface area contributed by atoms with E-state index in [2.05, 4.69) is 15.3 Å². The zero-order valence-electron chi connectivity index (χ0n) is 12.1. The highest BCUT2D eigenvalue weighted by molar-refractivity contribution is 5.72. The maximum atomic E-state index is 14.2. The van der Waals surface area contributed by atoms with E-state index in [4.69, 9.17) is 4.74 Å². The zero-order valence-corrected chi connectivity index (χ0v) is 12.1. The quantitative estimate of drug-likeness (QED) is 0.929. The van der Waals surface area contributed by atoms with Crippen molar-refractivity contribution in [3.8, 4) is 17.0 Å². The van der Waals surface area contributed by atoms with E-state index in [9.17, 15) is 4.39 Å². The first kappa shape index (κ1) is 14.2. The third-order valence-electron chi connectivity index (χ3n) is 3.08. The lowest BCUT2D eigenvalue weighted by Crippen LogP contribution is -2.07. The van der Waals surface area contributed by atoms with Crippen molar-refractivity contribution >= 4 is 5.82 Å². The number of methoxy groups -OCH3 is 1. The fourth-order valence-corrected chi connectivity index (χ4v) is 1.90. The van der Waals surface area contributed by atoms with Gasteiger partial charge in [0.2, 0.25) is 0 Å². The van der Waals surface area contributed by atoms with Crippen LogP contribution in [0.2, 0.25) is 0 Å². The number of aryl methyl sites for hydroxylation is 2. The Morgan fingerprint density at radius 2 is 1.90 bits per heavy atom. The third-order valence-corrected chi connectivity index (χ3v) is 3.08. The highest BCUT2D eigenvalue weighted by Gasteiger charge is 2.15. The van der Waals surface area contributed by atoms with Crippen molar-refractivity contribution in [1.82, 2.24) is 9.97 Å². The van der Waals surface area contributed by atoms with E-state index in [1.165, 1.54) is 13.2 Å². The van der Waals surface area contributed by atoms with Crippen molar-refractivity contribution < 1.29 is 9.13 Å². The Morgan fingerprint density at radius 3 is 2.50 bits per heavy atom. The lowest BCUT2D eigenvalue weighted by Gasteiger charge is -2.13. The van der Waals surface area contributed by atoms with Crippen molar-refractivity contribution in [2.45, 2.75) is 20.8 Å². The molecule has 0 saturated carbocycles. The van der Waals surface area contributed by atoms with Crippen LogP contribution < -0.4 is 10.1 Å². The Bertz CT molecular complexity index is 629. The summed E-state index contributed by atoms with van der Waals surface area (Å²) in [5.74, 6) is 0.703. The van der Waals surface area contributed by atoms with Gasteiger partial charge in [0, 0.05) is 18.2 Å². The van der Waals surface area contributed by atoms with Crippen molar-refractivity contribution in [1.29, 1.82) is 0 Å². The summed E-state index contributed by atoms with van der Waals surface area (Å²) in [6.45, 7) is 6.41. The van der Waals surface area contributed by atoms with Crippen LogP contribution in [0, 0.1) is 19.7 Å². The number of anilines is 1. The van der Waals surface area contributed by atoms with Crippen LogP contribution >= 0.6 is 0 Å². The summed E-state index contributed by atoms with van der Waals surface area (Å²) >= 11 is 0. The number of benzene rings is 1. The molecule has 0 aliphatic heterocycles. The Kier molecular flexibility index (Phi) is 4.17. The average molecular weight is 275 g/mol. The van der Waals surface area contributed by atoms with Gasteiger partial charge in [0.15, 0.2) is 5.82 Å². The second-order valence-corrected chi connectivity index (χ2v) is 4.47. The van der Waals surface area contributed by atoms with Gasteiger partial charge in [-0.05, 0) is 32.9 Å². The molecule has 0 atom stereocenters. The molecule has 0 fully saturated rings. The van der Waals surface area contributed by atoms with Crippen LogP contribution in [-0.2, 0) is 0 Å². The molecule has 0 amide bonds. The normalized spacial score (nSPS) is 10.4. The fourth-order valence-electron chi connectivity index (χ4n) is 1.90. The maximum Gasteiger partial charge on any atom is 0.153 e. The Morgan fingerprint density at radius 1 is 1.20 bits per heavy atom. The Hall–Kier alpha value is -2.17. The molecule has 4 nitrogen and oxygen atoms in total. The highest BCUT2D eigenvalue weighted by atomic mass is 19.1. The zero-order chi connectivity index (χ0) is 14.7. The minimum Gasteiger partial charge on any atom is -0.497 e. The minimum absolute atomic E-state index is 0.374. The van der Waals surface area contributed by atoms with Gasteiger partial charge in [-0.1, -0.05) is 0 Å². The number of halogens is 1. The summed E-state index contributed by atoms with van der Waals surface area (Å²) in [6, 6.07) is 4.72. The van der Waals surface area contributed by atoms with Gasteiger partial charge in [0.25, 0.3) is 0 Å². The van der Waals surface area contributed by atoms with E-state index in [0.29, 0.717) is 29.4 Å². The minimum atomic E-state index is -0.374. The second kappa shape index (κ2) is 5.86. The first-order chi connectivity index (χ1) is 9.56. The number of ether oxygens (including phenoxy) is 1. The third kappa shape index (κ3) is 2.71. The van der Waals surface area contributed by atoms with Crippen molar-refractivity contribution in [3.05, 3.63) is 35.4 Å². The molecule has 0 aliphatic rings. The summed E-state index contributed by atoms with van der Waals surface area (Å²) in [7, 11) is 1.51. The van der Waals surface area contributed by atoms with Gasteiger partial charge < -0.3 is 10.1 Å². The molecule has 5 heteroatoms. The van der Waals surface area contributed by atoms with Crippen LogP contribution in [0.25, 0.3) is 11.3 Å². The molecular formula is C15H18FN3O. The molecule has 1 aromatic heterocycles. The second-order valence-electron chi connectivity index (χ2n) is 4.47. The van der Waals surface area contributed by atoms with Gasteiger partial charge >= 0.3 is 0 Å². The highest BCUT2D eigenvalue weighted by Crippen LogP contribution is 2.30. The summed E-state index contributed by atoms with van der Waals surface area (Å²) in [5.41, 5.74) is 2.56. The van der Waals surface area contributed by atoms with Gasteiger partial charge in [-0.25, -0.2) is 14.4 Å². The van der Waals surface area contributed by atoms with E-state index in [1.54, 1.807) is 12.1 Å². The lowest BCUT2D eigenvalue weighted by atomic mass is 10.1. The molecular weight excluding hydrogens is 257 g/mol. The molecule has 2 rings (SSSR count). The van der Waals surface area contributed by atoms with Crippen molar-refractivity contribution in [2.75, 3.05) is 19.0 Å². The lowest BCUT2D eigenvalue weighted by molar-refractivity contribution is 0.411. The molecule has 1 heterocycles. The van der Waals surface area contributed by atoms with E-state index >= 15 is 0 Å². The molecule has 0 spiro atoms. The van der Waals surface area contributed by atoms with E-state index in [0.717, 1.165) is 11.4 Å². The molecule has 1 aromatic carbocycles. The van der Waals surface area contributed by atoms with Crippen LogP contribution in [-0.4, -0.2) is 23.6 Å². The first-order valence-electron chi connectivity index (χ1n) is 6.49. The summed E-state index contributed by atoms with van der Waals surface area (Å²) in [6.07, 6.45) is 0.